The van der Waals surface area contributed by atoms with Gasteiger partial charge in [-0.1, -0.05) is 24.3 Å². The molecule has 0 radical (unpaired) electrons. The van der Waals surface area contributed by atoms with Crippen molar-refractivity contribution in [3.63, 3.8) is 0 Å². The molecule has 4 rings (SSSR count). The minimum atomic E-state index is -0.297. The van der Waals surface area contributed by atoms with Crippen LogP contribution in [0.1, 0.15) is 10.5 Å². The van der Waals surface area contributed by atoms with Gasteiger partial charge in [0, 0.05) is 29.5 Å². The SMILES string of the molecule is O=C(Nc1cccc(Oc2cnccn2)c1)c1n[nH]c2ccccc12. The molecule has 7 nitrogen and oxygen atoms in total. The molecule has 7 heteroatoms. The molecule has 0 saturated heterocycles. The molecule has 2 heterocycles. The van der Waals surface area contributed by atoms with Crippen LogP contribution in [0.3, 0.4) is 0 Å². The van der Waals surface area contributed by atoms with E-state index in [0.717, 1.165) is 10.9 Å². The molecule has 0 aliphatic heterocycles. The molecule has 0 spiro atoms. The smallest absolute Gasteiger partial charge is 0.276 e. The lowest BCUT2D eigenvalue weighted by atomic mass is 10.2. The number of ether oxygens (including phenoxy) is 1. The predicted octanol–water partition coefficient (Wildman–Crippen LogP) is 3.40. The van der Waals surface area contributed by atoms with E-state index in [4.69, 9.17) is 4.74 Å². The van der Waals surface area contributed by atoms with E-state index in [-0.39, 0.29) is 5.91 Å². The summed E-state index contributed by atoms with van der Waals surface area (Å²) in [6.07, 6.45) is 4.63. The van der Waals surface area contributed by atoms with Crippen molar-refractivity contribution in [3.8, 4) is 11.6 Å². The number of aromatic amines is 1. The zero-order valence-corrected chi connectivity index (χ0v) is 13.0. The normalized spacial score (nSPS) is 10.6. The van der Waals surface area contributed by atoms with E-state index < -0.39 is 0 Å². The molecular weight excluding hydrogens is 318 g/mol. The summed E-state index contributed by atoms with van der Waals surface area (Å²) in [4.78, 5) is 20.5. The number of H-pyrrole nitrogens is 1. The minimum absolute atomic E-state index is 0.297. The minimum Gasteiger partial charge on any atom is -0.437 e. The molecule has 0 unspecified atom stereocenters. The topological polar surface area (TPSA) is 92.8 Å². The molecule has 2 aromatic heterocycles. The van der Waals surface area contributed by atoms with E-state index in [1.165, 1.54) is 6.20 Å². The van der Waals surface area contributed by atoms with Crippen molar-refractivity contribution in [1.82, 2.24) is 20.2 Å². The summed E-state index contributed by atoms with van der Waals surface area (Å²) in [5, 5.41) is 10.5. The van der Waals surface area contributed by atoms with Crippen LogP contribution in [0.2, 0.25) is 0 Å². The Kier molecular flexibility index (Phi) is 3.80. The first-order valence-electron chi connectivity index (χ1n) is 7.58. The van der Waals surface area contributed by atoms with Gasteiger partial charge in [0.05, 0.1) is 11.7 Å². The van der Waals surface area contributed by atoms with Gasteiger partial charge in [-0.3, -0.25) is 14.9 Å². The maximum atomic E-state index is 12.5. The molecule has 2 N–H and O–H groups in total. The summed E-state index contributed by atoms with van der Waals surface area (Å²) in [5.74, 6) is 0.628. The van der Waals surface area contributed by atoms with Crippen LogP contribution in [0.4, 0.5) is 5.69 Å². The Labute approximate surface area is 142 Å². The number of fused-ring (bicyclic) bond motifs is 1. The van der Waals surface area contributed by atoms with Gasteiger partial charge in [-0.25, -0.2) is 4.98 Å². The van der Waals surface area contributed by atoms with Gasteiger partial charge in [-0.15, -0.1) is 0 Å². The first-order chi connectivity index (χ1) is 12.3. The number of nitrogens with one attached hydrogen (secondary N) is 2. The van der Waals surface area contributed by atoms with Crippen molar-refractivity contribution < 1.29 is 9.53 Å². The van der Waals surface area contributed by atoms with Crippen molar-refractivity contribution in [2.75, 3.05) is 5.32 Å². The zero-order valence-electron chi connectivity index (χ0n) is 13.0. The molecule has 0 bridgehead atoms. The Morgan fingerprint density at radius 3 is 2.88 bits per heavy atom. The second-order valence-corrected chi connectivity index (χ2v) is 5.25. The molecule has 0 saturated carbocycles. The Hall–Kier alpha value is -3.74. The van der Waals surface area contributed by atoms with E-state index in [2.05, 4.69) is 25.5 Å². The predicted molar refractivity (Wildman–Crippen MR) is 92.6 cm³/mol. The first-order valence-corrected chi connectivity index (χ1v) is 7.58. The summed E-state index contributed by atoms with van der Waals surface area (Å²) in [7, 11) is 0. The number of benzene rings is 2. The van der Waals surface area contributed by atoms with Crippen molar-refractivity contribution in [2.24, 2.45) is 0 Å². The highest BCUT2D eigenvalue weighted by atomic mass is 16.5. The largest absolute Gasteiger partial charge is 0.437 e. The van der Waals surface area contributed by atoms with Gasteiger partial charge < -0.3 is 10.1 Å². The van der Waals surface area contributed by atoms with Gasteiger partial charge in [0.2, 0.25) is 5.88 Å². The second kappa shape index (κ2) is 6.40. The molecule has 25 heavy (non-hydrogen) atoms. The highest BCUT2D eigenvalue weighted by Crippen LogP contribution is 2.23. The summed E-state index contributed by atoms with van der Waals surface area (Å²) in [5.41, 5.74) is 1.75. The quantitative estimate of drug-likeness (QED) is 0.598. The van der Waals surface area contributed by atoms with Crippen LogP contribution in [0.5, 0.6) is 11.6 Å². The molecule has 1 amide bonds. The van der Waals surface area contributed by atoms with Crippen LogP contribution in [0, 0.1) is 0 Å². The van der Waals surface area contributed by atoms with Gasteiger partial charge in [-0.2, -0.15) is 5.10 Å². The van der Waals surface area contributed by atoms with Gasteiger partial charge in [-0.05, 0) is 18.2 Å². The summed E-state index contributed by atoms with van der Waals surface area (Å²) in [6.45, 7) is 0. The standard InChI is InChI=1S/C18H13N5O2/c24-18(17-14-6-1-2-7-15(14)22-23-17)21-12-4-3-5-13(10-12)25-16-11-19-8-9-20-16/h1-11H,(H,21,24)(H,22,23). The fourth-order valence-corrected chi connectivity index (χ4v) is 2.42. The zero-order chi connectivity index (χ0) is 17.1. The number of hydrogen-bond acceptors (Lipinski definition) is 5. The summed E-state index contributed by atoms with van der Waals surface area (Å²) in [6, 6.07) is 14.5. The maximum absolute atomic E-state index is 12.5. The lowest BCUT2D eigenvalue weighted by molar-refractivity contribution is 0.102. The lowest BCUT2D eigenvalue weighted by Crippen LogP contribution is -2.12. The molecule has 122 valence electrons. The first kappa shape index (κ1) is 14.8. The average Bonchev–Trinajstić information content (AvgIpc) is 3.07. The number of carbonyl (C=O) groups excluding carboxylic acids is 1. The van der Waals surface area contributed by atoms with Gasteiger partial charge in [0.25, 0.3) is 5.91 Å². The molecule has 0 aliphatic carbocycles. The third-order valence-electron chi connectivity index (χ3n) is 3.54. The van der Waals surface area contributed by atoms with E-state index in [0.29, 0.717) is 23.0 Å². The Bertz CT molecular complexity index is 1030. The van der Waals surface area contributed by atoms with Crippen molar-refractivity contribution in [2.45, 2.75) is 0 Å². The van der Waals surface area contributed by atoms with Crippen molar-refractivity contribution in [3.05, 3.63) is 72.8 Å². The molecule has 0 aliphatic rings. The number of hydrogen-bond donors (Lipinski definition) is 2. The van der Waals surface area contributed by atoms with Gasteiger partial charge >= 0.3 is 0 Å². The van der Waals surface area contributed by atoms with Crippen LogP contribution in [0.15, 0.2) is 67.1 Å². The van der Waals surface area contributed by atoms with Crippen LogP contribution >= 0.6 is 0 Å². The van der Waals surface area contributed by atoms with E-state index in [1.54, 1.807) is 36.7 Å². The molecule has 0 atom stereocenters. The third kappa shape index (κ3) is 3.16. The fourth-order valence-electron chi connectivity index (χ4n) is 2.42. The van der Waals surface area contributed by atoms with Crippen LogP contribution in [-0.2, 0) is 0 Å². The Morgan fingerprint density at radius 2 is 2.00 bits per heavy atom. The third-order valence-corrected chi connectivity index (χ3v) is 3.54. The lowest BCUT2D eigenvalue weighted by Gasteiger charge is -2.07. The number of rotatable bonds is 4. The van der Waals surface area contributed by atoms with E-state index in [1.807, 2.05) is 24.3 Å². The molecule has 2 aromatic carbocycles. The van der Waals surface area contributed by atoms with Crippen LogP contribution < -0.4 is 10.1 Å². The highest BCUT2D eigenvalue weighted by molar-refractivity contribution is 6.11. The Morgan fingerprint density at radius 1 is 1.08 bits per heavy atom. The molecule has 4 aromatic rings. The molecular formula is C18H13N5O2. The number of anilines is 1. The number of para-hydroxylation sites is 1. The average molecular weight is 331 g/mol. The Balaban J connectivity index is 1.54. The maximum Gasteiger partial charge on any atom is 0.276 e. The van der Waals surface area contributed by atoms with E-state index >= 15 is 0 Å². The molecule has 0 fully saturated rings. The summed E-state index contributed by atoms with van der Waals surface area (Å²) < 4.78 is 5.61. The highest BCUT2D eigenvalue weighted by Gasteiger charge is 2.14. The van der Waals surface area contributed by atoms with Crippen LogP contribution in [-0.4, -0.2) is 26.1 Å². The number of nitrogens with zero attached hydrogens (tertiary/aromatic N) is 3. The van der Waals surface area contributed by atoms with Gasteiger partial charge in [0.1, 0.15) is 5.75 Å². The number of amides is 1. The summed E-state index contributed by atoms with van der Waals surface area (Å²) >= 11 is 0. The van der Waals surface area contributed by atoms with E-state index in [9.17, 15) is 4.79 Å². The van der Waals surface area contributed by atoms with Gasteiger partial charge in [0.15, 0.2) is 5.69 Å². The number of aromatic nitrogens is 4. The van der Waals surface area contributed by atoms with Crippen molar-refractivity contribution in [1.29, 1.82) is 0 Å². The second-order valence-electron chi connectivity index (χ2n) is 5.25. The fraction of sp³-hybridized carbons (Fsp3) is 0. The number of carbonyl (C=O) groups is 1. The van der Waals surface area contributed by atoms with Crippen LogP contribution in [0.25, 0.3) is 10.9 Å². The monoisotopic (exact) mass is 331 g/mol. The van der Waals surface area contributed by atoms with Crippen molar-refractivity contribution >= 4 is 22.5 Å².